The van der Waals surface area contributed by atoms with Crippen molar-refractivity contribution in [2.24, 2.45) is 5.92 Å². The van der Waals surface area contributed by atoms with Crippen LogP contribution in [0.4, 0.5) is 0 Å². The van der Waals surface area contributed by atoms with Crippen LogP contribution in [-0.4, -0.2) is 11.4 Å². The van der Waals surface area contributed by atoms with Crippen molar-refractivity contribution in [2.45, 2.75) is 44.6 Å². The number of amides is 1. The maximum atomic E-state index is 11.4. The van der Waals surface area contributed by atoms with Gasteiger partial charge in [0.25, 0.3) is 0 Å². The largest absolute Gasteiger partial charge is 0.351 e. The van der Waals surface area contributed by atoms with Crippen LogP contribution in [0.3, 0.4) is 0 Å². The van der Waals surface area contributed by atoms with E-state index in [0.29, 0.717) is 11.8 Å². The first kappa shape index (κ1) is 7.14. The number of hydrogen-bond donors (Lipinski definition) is 1. The minimum atomic E-state index is 0.187. The summed E-state index contributed by atoms with van der Waals surface area (Å²) in [5.41, 5.74) is 0.187. The third-order valence-electron chi connectivity index (χ3n) is 2.90. The molecule has 62 valence electrons. The molecule has 2 rings (SSSR count). The van der Waals surface area contributed by atoms with E-state index in [1.165, 1.54) is 19.3 Å². The van der Waals surface area contributed by atoms with Crippen LogP contribution in [0.2, 0.25) is 0 Å². The molecule has 0 aromatic rings. The highest BCUT2D eigenvalue weighted by molar-refractivity contribution is 5.80. The Morgan fingerprint density at radius 1 is 1.45 bits per heavy atom. The maximum absolute atomic E-state index is 11.4. The minimum absolute atomic E-state index is 0.187. The molecule has 0 saturated heterocycles. The fourth-order valence-electron chi connectivity index (χ4n) is 1.38. The Morgan fingerprint density at radius 2 is 2.09 bits per heavy atom. The van der Waals surface area contributed by atoms with E-state index < -0.39 is 0 Å². The van der Waals surface area contributed by atoms with Crippen molar-refractivity contribution >= 4 is 5.91 Å². The lowest BCUT2D eigenvalue weighted by atomic mass is 9.84. The molecule has 2 aliphatic carbocycles. The predicted molar refractivity (Wildman–Crippen MR) is 43.1 cm³/mol. The molecule has 0 unspecified atom stereocenters. The summed E-state index contributed by atoms with van der Waals surface area (Å²) >= 11 is 0. The van der Waals surface area contributed by atoms with Crippen molar-refractivity contribution in [1.82, 2.24) is 5.32 Å². The first-order valence-corrected chi connectivity index (χ1v) is 4.52. The number of rotatable bonds is 2. The summed E-state index contributed by atoms with van der Waals surface area (Å²) in [5, 5.41) is 3.09. The molecular weight excluding hydrogens is 138 g/mol. The van der Waals surface area contributed by atoms with Gasteiger partial charge < -0.3 is 5.32 Å². The average Bonchev–Trinajstić information content (AvgIpc) is 2.41. The summed E-state index contributed by atoms with van der Waals surface area (Å²) in [7, 11) is 0. The van der Waals surface area contributed by atoms with Gasteiger partial charge in [0.2, 0.25) is 5.91 Å². The standard InChI is InChI=1S/C9H15NO/c1-9(5-6-9)10-8(11)7-3-2-4-7/h7H,2-6H2,1H3,(H,10,11). The molecule has 0 radical (unpaired) electrons. The fourth-order valence-corrected chi connectivity index (χ4v) is 1.38. The van der Waals surface area contributed by atoms with Crippen LogP contribution in [0.15, 0.2) is 0 Å². The molecule has 2 heteroatoms. The van der Waals surface area contributed by atoms with E-state index in [9.17, 15) is 4.79 Å². The summed E-state index contributed by atoms with van der Waals surface area (Å²) in [6.07, 6.45) is 5.82. The second-order valence-electron chi connectivity index (χ2n) is 4.18. The number of nitrogens with one attached hydrogen (secondary N) is 1. The van der Waals surface area contributed by atoms with Crippen LogP contribution < -0.4 is 5.32 Å². The Kier molecular flexibility index (Phi) is 1.44. The van der Waals surface area contributed by atoms with Crippen LogP contribution in [0.1, 0.15) is 39.0 Å². The highest BCUT2D eigenvalue weighted by Crippen LogP contribution is 2.36. The molecule has 0 heterocycles. The van der Waals surface area contributed by atoms with Gasteiger partial charge in [-0.15, -0.1) is 0 Å². The molecule has 0 aliphatic heterocycles. The van der Waals surface area contributed by atoms with E-state index in [4.69, 9.17) is 0 Å². The highest BCUT2D eigenvalue weighted by Gasteiger charge is 2.40. The smallest absolute Gasteiger partial charge is 0.223 e. The van der Waals surface area contributed by atoms with Crippen molar-refractivity contribution < 1.29 is 4.79 Å². The van der Waals surface area contributed by atoms with Gasteiger partial charge >= 0.3 is 0 Å². The zero-order valence-corrected chi connectivity index (χ0v) is 7.02. The van der Waals surface area contributed by atoms with Gasteiger partial charge in [-0.05, 0) is 32.6 Å². The monoisotopic (exact) mass is 153 g/mol. The Morgan fingerprint density at radius 3 is 2.45 bits per heavy atom. The van der Waals surface area contributed by atoms with E-state index in [1.807, 2.05) is 0 Å². The van der Waals surface area contributed by atoms with Gasteiger partial charge in [-0.3, -0.25) is 4.79 Å². The maximum Gasteiger partial charge on any atom is 0.223 e. The van der Waals surface area contributed by atoms with Crippen molar-refractivity contribution in [3.8, 4) is 0 Å². The zero-order chi connectivity index (χ0) is 7.90. The summed E-state index contributed by atoms with van der Waals surface area (Å²) in [6, 6.07) is 0. The molecule has 2 fully saturated rings. The molecule has 2 nitrogen and oxygen atoms in total. The lowest BCUT2D eigenvalue weighted by Crippen LogP contribution is -2.40. The Hall–Kier alpha value is -0.530. The van der Waals surface area contributed by atoms with Crippen LogP contribution in [0, 0.1) is 5.92 Å². The molecule has 0 spiro atoms. The Balaban J connectivity index is 1.81. The SMILES string of the molecule is CC1(NC(=O)C2CCC2)CC1. The molecular formula is C9H15NO. The number of hydrogen-bond acceptors (Lipinski definition) is 1. The average molecular weight is 153 g/mol. The van der Waals surface area contributed by atoms with Gasteiger partial charge in [-0.25, -0.2) is 0 Å². The zero-order valence-electron chi connectivity index (χ0n) is 7.02. The molecule has 11 heavy (non-hydrogen) atoms. The van der Waals surface area contributed by atoms with Gasteiger partial charge in [0.1, 0.15) is 0 Å². The first-order chi connectivity index (χ1) is 5.20. The third-order valence-corrected chi connectivity index (χ3v) is 2.90. The van der Waals surface area contributed by atoms with Crippen LogP contribution >= 0.6 is 0 Å². The van der Waals surface area contributed by atoms with Crippen molar-refractivity contribution in [3.05, 3.63) is 0 Å². The molecule has 2 aliphatic rings. The minimum Gasteiger partial charge on any atom is -0.351 e. The molecule has 1 N–H and O–H groups in total. The van der Waals surface area contributed by atoms with Gasteiger partial charge in [0, 0.05) is 11.5 Å². The normalized spacial score (nSPS) is 27.4. The first-order valence-electron chi connectivity index (χ1n) is 4.52. The molecule has 0 aromatic heterocycles. The summed E-state index contributed by atoms with van der Waals surface area (Å²) < 4.78 is 0. The van der Waals surface area contributed by atoms with Crippen LogP contribution in [0.5, 0.6) is 0 Å². The molecule has 0 atom stereocenters. The van der Waals surface area contributed by atoms with Crippen molar-refractivity contribution in [2.75, 3.05) is 0 Å². The molecule has 0 aromatic carbocycles. The van der Waals surface area contributed by atoms with Crippen LogP contribution in [0.25, 0.3) is 0 Å². The van der Waals surface area contributed by atoms with Gasteiger partial charge in [-0.2, -0.15) is 0 Å². The van der Waals surface area contributed by atoms with Crippen LogP contribution in [-0.2, 0) is 4.79 Å². The Labute approximate surface area is 67.4 Å². The second-order valence-corrected chi connectivity index (χ2v) is 4.18. The molecule has 0 bridgehead atoms. The number of carbonyl (C=O) groups excluding carboxylic acids is 1. The second kappa shape index (κ2) is 2.23. The summed E-state index contributed by atoms with van der Waals surface area (Å²) in [5.74, 6) is 0.656. The van der Waals surface area contributed by atoms with Gasteiger partial charge in [0.15, 0.2) is 0 Å². The fraction of sp³-hybridized carbons (Fsp3) is 0.889. The van der Waals surface area contributed by atoms with E-state index in [1.54, 1.807) is 0 Å². The van der Waals surface area contributed by atoms with Crippen molar-refractivity contribution in [1.29, 1.82) is 0 Å². The molecule has 2 saturated carbocycles. The van der Waals surface area contributed by atoms with Crippen molar-refractivity contribution in [3.63, 3.8) is 0 Å². The quantitative estimate of drug-likeness (QED) is 0.639. The predicted octanol–water partition coefficient (Wildman–Crippen LogP) is 1.46. The highest BCUT2D eigenvalue weighted by atomic mass is 16.2. The third kappa shape index (κ3) is 1.39. The van der Waals surface area contributed by atoms with E-state index in [-0.39, 0.29) is 5.54 Å². The van der Waals surface area contributed by atoms with E-state index in [2.05, 4.69) is 12.2 Å². The van der Waals surface area contributed by atoms with Gasteiger partial charge in [0.05, 0.1) is 0 Å². The lowest BCUT2D eigenvalue weighted by Gasteiger charge is -2.26. The summed E-state index contributed by atoms with van der Waals surface area (Å²) in [6.45, 7) is 2.13. The Bertz CT molecular complexity index is 180. The van der Waals surface area contributed by atoms with E-state index in [0.717, 1.165) is 12.8 Å². The topological polar surface area (TPSA) is 29.1 Å². The van der Waals surface area contributed by atoms with Gasteiger partial charge in [-0.1, -0.05) is 6.42 Å². The lowest BCUT2D eigenvalue weighted by molar-refractivity contribution is -0.128. The molecule has 1 amide bonds. The van der Waals surface area contributed by atoms with E-state index >= 15 is 0 Å². The summed E-state index contributed by atoms with van der Waals surface area (Å²) in [4.78, 5) is 11.4. The number of carbonyl (C=O) groups is 1.